The average Bonchev–Trinajstić information content (AvgIpc) is 2.82. The summed E-state index contributed by atoms with van der Waals surface area (Å²) in [4.78, 5) is 53.7. The molecule has 154 valence electrons. The zero-order chi connectivity index (χ0) is 20.8. The van der Waals surface area contributed by atoms with Gasteiger partial charge in [0.2, 0.25) is 11.8 Å². The Morgan fingerprint density at radius 2 is 1.93 bits per heavy atom. The van der Waals surface area contributed by atoms with Gasteiger partial charge >= 0.3 is 6.03 Å². The van der Waals surface area contributed by atoms with E-state index in [4.69, 9.17) is 0 Å². The molecule has 0 unspecified atom stereocenters. The highest BCUT2D eigenvalue weighted by Gasteiger charge is 2.55. The Bertz CT molecular complexity index is 885. The van der Waals surface area contributed by atoms with Gasteiger partial charge in [-0.05, 0) is 37.8 Å². The van der Waals surface area contributed by atoms with E-state index in [0.717, 1.165) is 24.2 Å². The SMILES string of the molecule is C[C@@H]1CC(=O)Nc2ccccc2N1C(=O)CN1C(=O)N[C@]2(CCCC[C@@H]2C)C1=O. The summed E-state index contributed by atoms with van der Waals surface area (Å²) in [5.41, 5.74) is 0.226. The molecule has 2 N–H and O–H groups in total. The fraction of sp³-hybridized carbons (Fsp3) is 0.524. The van der Waals surface area contributed by atoms with Crippen molar-refractivity contribution in [2.24, 2.45) is 5.92 Å². The van der Waals surface area contributed by atoms with Gasteiger partial charge in [-0.3, -0.25) is 19.3 Å². The van der Waals surface area contributed by atoms with E-state index in [1.807, 2.05) is 6.92 Å². The molecule has 1 aromatic carbocycles. The number of hydrogen-bond acceptors (Lipinski definition) is 4. The van der Waals surface area contributed by atoms with Crippen molar-refractivity contribution in [3.8, 4) is 0 Å². The second-order valence-electron chi connectivity index (χ2n) is 8.32. The Kier molecular flexibility index (Phi) is 4.80. The second kappa shape index (κ2) is 7.17. The molecule has 2 fully saturated rings. The van der Waals surface area contributed by atoms with Gasteiger partial charge in [0, 0.05) is 12.5 Å². The van der Waals surface area contributed by atoms with Crippen LogP contribution in [0.1, 0.15) is 46.0 Å². The molecule has 2 aliphatic heterocycles. The van der Waals surface area contributed by atoms with E-state index >= 15 is 0 Å². The van der Waals surface area contributed by atoms with Gasteiger partial charge in [0.15, 0.2) is 0 Å². The highest BCUT2D eigenvalue weighted by atomic mass is 16.2. The zero-order valence-electron chi connectivity index (χ0n) is 16.7. The lowest BCUT2D eigenvalue weighted by atomic mass is 9.73. The van der Waals surface area contributed by atoms with Crippen LogP contribution < -0.4 is 15.5 Å². The molecule has 1 spiro atoms. The smallest absolute Gasteiger partial charge is 0.324 e. The maximum atomic E-state index is 13.2. The third-order valence-electron chi connectivity index (χ3n) is 6.42. The highest BCUT2D eigenvalue weighted by molar-refractivity contribution is 6.12. The molecule has 3 aliphatic rings. The molecule has 3 atom stereocenters. The van der Waals surface area contributed by atoms with Crippen molar-refractivity contribution in [3.63, 3.8) is 0 Å². The van der Waals surface area contributed by atoms with Crippen LogP contribution in [0.2, 0.25) is 0 Å². The van der Waals surface area contributed by atoms with Gasteiger partial charge in [-0.1, -0.05) is 31.9 Å². The minimum atomic E-state index is -0.893. The van der Waals surface area contributed by atoms with Crippen LogP contribution in [0.25, 0.3) is 0 Å². The number of carbonyl (C=O) groups excluding carboxylic acids is 4. The van der Waals surface area contributed by atoms with Crippen molar-refractivity contribution >= 4 is 35.1 Å². The summed E-state index contributed by atoms with van der Waals surface area (Å²) in [7, 11) is 0. The molecule has 8 nitrogen and oxygen atoms in total. The molecule has 29 heavy (non-hydrogen) atoms. The van der Waals surface area contributed by atoms with Gasteiger partial charge in [-0.25, -0.2) is 4.79 Å². The lowest BCUT2D eigenvalue weighted by Crippen LogP contribution is -2.54. The standard InChI is InChI=1S/C21H26N4O4/c1-13-7-5-6-10-21(13)19(28)24(20(29)23-21)12-18(27)25-14(2)11-17(26)22-15-8-3-4-9-16(15)25/h3-4,8-9,13-14H,5-7,10-12H2,1-2H3,(H,22,26)(H,23,29)/t13-,14+,21-/m0/s1. The Morgan fingerprint density at radius 3 is 2.69 bits per heavy atom. The molecule has 5 amide bonds. The second-order valence-corrected chi connectivity index (χ2v) is 8.32. The number of nitrogens with zero attached hydrogens (tertiary/aromatic N) is 2. The van der Waals surface area contributed by atoms with Crippen LogP contribution in [0.4, 0.5) is 16.2 Å². The third kappa shape index (κ3) is 3.16. The minimum absolute atomic E-state index is 0.0347. The van der Waals surface area contributed by atoms with Crippen LogP contribution in [0, 0.1) is 5.92 Å². The molecule has 0 bridgehead atoms. The molecular weight excluding hydrogens is 372 g/mol. The third-order valence-corrected chi connectivity index (χ3v) is 6.42. The Hall–Kier alpha value is -2.90. The predicted molar refractivity (Wildman–Crippen MR) is 107 cm³/mol. The lowest BCUT2D eigenvalue weighted by molar-refractivity contribution is -0.137. The molecule has 1 saturated carbocycles. The quantitative estimate of drug-likeness (QED) is 0.747. The average molecular weight is 398 g/mol. The first-order valence-corrected chi connectivity index (χ1v) is 10.2. The molecule has 0 aromatic heterocycles. The van der Waals surface area contributed by atoms with Crippen molar-refractivity contribution < 1.29 is 19.2 Å². The number of fused-ring (bicyclic) bond motifs is 1. The largest absolute Gasteiger partial charge is 0.325 e. The summed E-state index contributed by atoms with van der Waals surface area (Å²) < 4.78 is 0. The monoisotopic (exact) mass is 398 g/mol. The van der Waals surface area contributed by atoms with E-state index in [0.29, 0.717) is 17.8 Å². The molecule has 1 saturated heterocycles. The first kappa shape index (κ1) is 19.4. The molecular formula is C21H26N4O4. The van der Waals surface area contributed by atoms with E-state index in [1.54, 1.807) is 31.2 Å². The number of anilines is 2. The highest BCUT2D eigenvalue weighted by Crippen LogP contribution is 2.38. The van der Waals surface area contributed by atoms with Gasteiger partial charge < -0.3 is 15.5 Å². The van der Waals surface area contributed by atoms with Gasteiger partial charge in [0.25, 0.3) is 5.91 Å². The van der Waals surface area contributed by atoms with Crippen molar-refractivity contribution in [2.75, 3.05) is 16.8 Å². The number of urea groups is 1. The first-order valence-electron chi connectivity index (χ1n) is 10.2. The van der Waals surface area contributed by atoms with E-state index in [-0.39, 0.29) is 36.6 Å². The normalized spacial score (nSPS) is 29.4. The fourth-order valence-electron chi connectivity index (χ4n) is 4.82. The van der Waals surface area contributed by atoms with E-state index in [9.17, 15) is 19.2 Å². The van der Waals surface area contributed by atoms with Crippen molar-refractivity contribution in [1.29, 1.82) is 0 Å². The lowest BCUT2D eigenvalue weighted by Gasteiger charge is -2.37. The van der Waals surface area contributed by atoms with Crippen molar-refractivity contribution in [3.05, 3.63) is 24.3 Å². The zero-order valence-corrected chi connectivity index (χ0v) is 16.7. The topological polar surface area (TPSA) is 98.8 Å². The van der Waals surface area contributed by atoms with E-state index in [1.165, 1.54) is 4.90 Å². The van der Waals surface area contributed by atoms with Crippen LogP contribution in [-0.4, -0.2) is 46.8 Å². The maximum Gasteiger partial charge on any atom is 0.325 e. The van der Waals surface area contributed by atoms with Crippen LogP contribution in [0.15, 0.2) is 24.3 Å². The van der Waals surface area contributed by atoms with Gasteiger partial charge in [-0.2, -0.15) is 0 Å². The summed E-state index contributed by atoms with van der Waals surface area (Å²) in [6.45, 7) is 3.43. The molecule has 4 rings (SSSR count). The summed E-state index contributed by atoms with van der Waals surface area (Å²) >= 11 is 0. The van der Waals surface area contributed by atoms with Gasteiger partial charge in [0.05, 0.1) is 11.4 Å². The van der Waals surface area contributed by atoms with Gasteiger partial charge in [-0.15, -0.1) is 0 Å². The fourth-order valence-corrected chi connectivity index (χ4v) is 4.82. The van der Waals surface area contributed by atoms with Crippen LogP contribution >= 0.6 is 0 Å². The van der Waals surface area contributed by atoms with Crippen LogP contribution in [-0.2, 0) is 14.4 Å². The molecule has 2 heterocycles. The number of para-hydroxylation sites is 2. The number of carbonyl (C=O) groups is 4. The first-order chi connectivity index (χ1) is 13.8. The molecule has 8 heteroatoms. The van der Waals surface area contributed by atoms with Gasteiger partial charge in [0.1, 0.15) is 12.1 Å². The van der Waals surface area contributed by atoms with Crippen molar-refractivity contribution in [2.45, 2.75) is 57.5 Å². The Balaban J connectivity index is 1.60. The molecule has 1 aromatic rings. The molecule has 0 radical (unpaired) electrons. The molecule has 1 aliphatic carbocycles. The number of benzene rings is 1. The number of nitrogens with one attached hydrogen (secondary N) is 2. The van der Waals surface area contributed by atoms with E-state index in [2.05, 4.69) is 10.6 Å². The van der Waals surface area contributed by atoms with Crippen molar-refractivity contribution in [1.82, 2.24) is 10.2 Å². The maximum absolute atomic E-state index is 13.2. The Labute approximate surface area is 169 Å². The van der Waals surface area contributed by atoms with Crippen LogP contribution in [0.3, 0.4) is 0 Å². The van der Waals surface area contributed by atoms with E-state index < -0.39 is 17.6 Å². The van der Waals surface area contributed by atoms with Crippen LogP contribution in [0.5, 0.6) is 0 Å². The summed E-state index contributed by atoms with van der Waals surface area (Å²) in [6, 6.07) is 6.15. The number of amides is 5. The number of rotatable bonds is 2. The summed E-state index contributed by atoms with van der Waals surface area (Å²) in [6.07, 6.45) is 3.53. The minimum Gasteiger partial charge on any atom is -0.324 e. The summed E-state index contributed by atoms with van der Waals surface area (Å²) in [5, 5.41) is 5.69. The Morgan fingerprint density at radius 1 is 1.17 bits per heavy atom. The summed E-state index contributed by atoms with van der Waals surface area (Å²) in [5.74, 6) is -0.837. The number of imide groups is 1. The predicted octanol–water partition coefficient (Wildman–Crippen LogP) is 2.25. The number of hydrogen-bond donors (Lipinski definition) is 2.